The SMILES string of the molecule is COc1ccc(NN=C(c2ccccc2)c2ccccc2)c(CNC(=O)O)c1F. The van der Waals surface area contributed by atoms with Gasteiger partial charge in [0.1, 0.15) is 0 Å². The van der Waals surface area contributed by atoms with E-state index in [0.29, 0.717) is 11.4 Å². The molecule has 0 fully saturated rings. The van der Waals surface area contributed by atoms with E-state index >= 15 is 0 Å². The van der Waals surface area contributed by atoms with E-state index in [1.165, 1.54) is 13.2 Å². The van der Waals surface area contributed by atoms with Crippen LogP contribution in [0.2, 0.25) is 0 Å². The van der Waals surface area contributed by atoms with Gasteiger partial charge in [-0.3, -0.25) is 5.43 Å². The third-order valence-corrected chi connectivity index (χ3v) is 4.23. The fraction of sp³-hybridized carbons (Fsp3) is 0.0909. The summed E-state index contributed by atoms with van der Waals surface area (Å²) in [4.78, 5) is 10.9. The summed E-state index contributed by atoms with van der Waals surface area (Å²) in [5.74, 6) is -0.629. The molecule has 0 aliphatic heterocycles. The van der Waals surface area contributed by atoms with Crippen molar-refractivity contribution in [1.82, 2.24) is 5.32 Å². The van der Waals surface area contributed by atoms with Crippen LogP contribution >= 0.6 is 0 Å². The molecular formula is C22H20FN3O3. The summed E-state index contributed by atoms with van der Waals surface area (Å²) >= 11 is 0. The number of benzene rings is 3. The van der Waals surface area contributed by atoms with E-state index in [-0.39, 0.29) is 17.9 Å². The highest BCUT2D eigenvalue weighted by atomic mass is 19.1. The molecule has 0 heterocycles. The van der Waals surface area contributed by atoms with Crippen LogP contribution in [0.15, 0.2) is 77.9 Å². The predicted octanol–water partition coefficient (Wildman–Crippen LogP) is 4.47. The lowest BCUT2D eigenvalue weighted by molar-refractivity contribution is 0.194. The number of anilines is 1. The molecule has 0 saturated heterocycles. The van der Waals surface area contributed by atoms with Gasteiger partial charge in [-0.25, -0.2) is 9.18 Å². The van der Waals surface area contributed by atoms with E-state index in [1.54, 1.807) is 6.07 Å². The van der Waals surface area contributed by atoms with Gasteiger partial charge in [-0.15, -0.1) is 0 Å². The fourth-order valence-corrected chi connectivity index (χ4v) is 2.80. The number of carboxylic acid groups (broad SMARTS) is 1. The van der Waals surface area contributed by atoms with Gasteiger partial charge < -0.3 is 15.2 Å². The highest BCUT2D eigenvalue weighted by molar-refractivity contribution is 6.13. The van der Waals surface area contributed by atoms with Crippen molar-refractivity contribution in [3.63, 3.8) is 0 Å². The zero-order valence-corrected chi connectivity index (χ0v) is 15.7. The van der Waals surface area contributed by atoms with Crippen molar-refractivity contribution >= 4 is 17.5 Å². The van der Waals surface area contributed by atoms with Crippen molar-refractivity contribution in [2.45, 2.75) is 6.54 Å². The lowest BCUT2D eigenvalue weighted by Gasteiger charge is -2.14. The Kier molecular flexibility index (Phi) is 6.42. The Bertz CT molecular complexity index is 967. The summed E-state index contributed by atoms with van der Waals surface area (Å²) in [5, 5.41) is 15.6. The van der Waals surface area contributed by atoms with Gasteiger partial charge in [-0.05, 0) is 12.1 Å². The van der Waals surface area contributed by atoms with Crippen LogP contribution < -0.4 is 15.5 Å². The van der Waals surface area contributed by atoms with Crippen LogP contribution in [0.4, 0.5) is 14.9 Å². The lowest BCUT2D eigenvalue weighted by atomic mass is 10.0. The molecule has 0 atom stereocenters. The third-order valence-electron chi connectivity index (χ3n) is 4.23. The minimum Gasteiger partial charge on any atom is -0.494 e. The first-order valence-corrected chi connectivity index (χ1v) is 8.87. The van der Waals surface area contributed by atoms with Gasteiger partial charge in [-0.2, -0.15) is 5.10 Å². The van der Waals surface area contributed by atoms with Crippen molar-refractivity contribution < 1.29 is 19.0 Å². The molecule has 148 valence electrons. The van der Waals surface area contributed by atoms with Crippen molar-refractivity contribution in [2.75, 3.05) is 12.5 Å². The lowest BCUT2D eigenvalue weighted by Crippen LogP contribution is -2.21. The molecule has 7 heteroatoms. The summed E-state index contributed by atoms with van der Waals surface area (Å²) in [5.41, 5.74) is 5.75. The molecule has 3 N–H and O–H groups in total. The van der Waals surface area contributed by atoms with Crippen LogP contribution in [0.25, 0.3) is 0 Å². The number of nitrogens with one attached hydrogen (secondary N) is 2. The number of hydrogen-bond donors (Lipinski definition) is 3. The molecule has 0 unspecified atom stereocenters. The first-order valence-electron chi connectivity index (χ1n) is 8.87. The maximum absolute atomic E-state index is 14.7. The summed E-state index contributed by atoms with van der Waals surface area (Å²) < 4.78 is 19.7. The van der Waals surface area contributed by atoms with Crippen molar-refractivity contribution in [2.24, 2.45) is 5.10 Å². The second-order valence-corrected chi connectivity index (χ2v) is 6.07. The Morgan fingerprint density at radius 1 is 1.00 bits per heavy atom. The number of methoxy groups -OCH3 is 1. The predicted molar refractivity (Wildman–Crippen MR) is 110 cm³/mol. The molecule has 0 spiro atoms. The highest BCUT2D eigenvalue weighted by Gasteiger charge is 2.15. The fourth-order valence-electron chi connectivity index (χ4n) is 2.80. The first-order chi connectivity index (χ1) is 14.1. The number of carbonyl (C=O) groups is 1. The molecule has 0 saturated carbocycles. The van der Waals surface area contributed by atoms with Crippen LogP contribution in [0.5, 0.6) is 5.75 Å². The standard InChI is InChI=1S/C22H20FN3O3/c1-29-19-13-12-18(17(20(19)23)14-24-22(27)28)25-26-21(15-8-4-2-5-9-15)16-10-6-3-7-11-16/h2-13,24-25H,14H2,1H3,(H,27,28). The summed E-state index contributed by atoms with van der Waals surface area (Å²) in [7, 11) is 1.35. The molecule has 0 radical (unpaired) electrons. The Balaban J connectivity index is 2.01. The van der Waals surface area contributed by atoms with E-state index in [0.717, 1.165) is 11.1 Å². The molecule has 0 aliphatic carbocycles. The summed E-state index contributed by atoms with van der Waals surface area (Å²) in [6.45, 7) is -0.234. The Morgan fingerprint density at radius 3 is 2.10 bits per heavy atom. The molecular weight excluding hydrogens is 373 g/mol. The molecule has 29 heavy (non-hydrogen) atoms. The average Bonchev–Trinajstić information content (AvgIpc) is 2.75. The molecule has 0 bridgehead atoms. The Hall–Kier alpha value is -3.87. The van der Waals surface area contributed by atoms with Crippen LogP contribution in [-0.4, -0.2) is 24.0 Å². The number of nitrogens with zero attached hydrogens (tertiary/aromatic N) is 1. The topological polar surface area (TPSA) is 83.0 Å². The van der Waals surface area contributed by atoms with Gasteiger partial charge in [0.2, 0.25) is 0 Å². The van der Waals surface area contributed by atoms with Gasteiger partial charge >= 0.3 is 6.09 Å². The van der Waals surface area contributed by atoms with Crippen molar-refractivity contribution in [1.29, 1.82) is 0 Å². The number of hydrogen-bond acceptors (Lipinski definition) is 4. The average molecular weight is 393 g/mol. The molecule has 0 aliphatic rings. The molecule has 3 rings (SSSR count). The number of ether oxygens (including phenoxy) is 1. The molecule has 1 amide bonds. The van der Waals surface area contributed by atoms with Gasteiger partial charge in [0.05, 0.1) is 25.1 Å². The van der Waals surface area contributed by atoms with E-state index in [2.05, 4.69) is 15.8 Å². The van der Waals surface area contributed by atoms with E-state index in [1.807, 2.05) is 60.7 Å². The van der Waals surface area contributed by atoms with Crippen LogP contribution in [0.3, 0.4) is 0 Å². The van der Waals surface area contributed by atoms with Crippen molar-refractivity contribution in [3.8, 4) is 5.75 Å². The minimum absolute atomic E-state index is 0.0214. The molecule has 3 aromatic rings. The van der Waals surface area contributed by atoms with Gasteiger partial charge in [0.25, 0.3) is 0 Å². The number of rotatable bonds is 7. The van der Waals surface area contributed by atoms with Gasteiger partial charge in [-0.1, -0.05) is 60.7 Å². The summed E-state index contributed by atoms with van der Waals surface area (Å²) in [6.07, 6.45) is -1.25. The van der Waals surface area contributed by atoms with Crippen molar-refractivity contribution in [3.05, 3.63) is 95.3 Å². The number of halogens is 1. The number of amides is 1. The van der Waals surface area contributed by atoms with Crippen LogP contribution in [0, 0.1) is 5.82 Å². The number of hydrazone groups is 1. The van der Waals surface area contributed by atoms with Gasteiger partial charge in [0.15, 0.2) is 11.6 Å². The largest absolute Gasteiger partial charge is 0.494 e. The van der Waals surface area contributed by atoms with E-state index in [4.69, 9.17) is 9.84 Å². The third kappa shape index (κ3) is 4.90. The highest BCUT2D eigenvalue weighted by Crippen LogP contribution is 2.27. The zero-order valence-electron chi connectivity index (χ0n) is 15.7. The second kappa shape index (κ2) is 9.36. The van der Waals surface area contributed by atoms with E-state index < -0.39 is 11.9 Å². The second-order valence-electron chi connectivity index (χ2n) is 6.07. The first kappa shape index (κ1) is 19.9. The molecule has 6 nitrogen and oxygen atoms in total. The minimum atomic E-state index is -1.25. The maximum Gasteiger partial charge on any atom is 0.404 e. The van der Waals surface area contributed by atoms with E-state index in [9.17, 15) is 9.18 Å². The smallest absolute Gasteiger partial charge is 0.404 e. The van der Waals surface area contributed by atoms with Crippen LogP contribution in [-0.2, 0) is 6.54 Å². The normalized spacial score (nSPS) is 10.1. The summed E-state index contributed by atoms with van der Waals surface area (Å²) in [6, 6.07) is 22.2. The Labute approximate surface area is 167 Å². The Morgan fingerprint density at radius 2 is 1.59 bits per heavy atom. The zero-order chi connectivity index (χ0) is 20.6. The van der Waals surface area contributed by atoms with Gasteiger partial charge in [0, 0.05) is 16.7 Å². The quantitative estimate of drug-likeness (QED) is 0.409. The maximum atomic E-state index is 14.7. The molecule has 0 aromatic heterocycles. The monoisotopic (exact) mass is 393 g/mol. The molecule has 3 aromatic carbocycles. The van der Waals surface area contributed by atoms with Crippen LogP contribution in [0.1, 0.15) is 16.7 Å².